The maximum atomic E-state index is 11.6. The molecular weight excluding hydrogens is 168 g/mol. The predicted molar refractivity (Wildman–Crippen MR) is 48.5 cm³/mol. The van der Waals surface area contributed by atoms with Gasteiger partial charge in [-0.3, -0.25) is 9.48 Å². The molecule has 0 radical (unpaired) electrons. The fourth-order valence-electron chi connectivity index (χ4n) is 1.11. The van der Waals surface area contributed by atoms with Crippen molar-refractivity contribution in [2.45, 2.75) is 20.4 Å². The zero-order valence-corrected chi connectivity index (χ0v) is 7.90. The summed E-state index contributed by atoms with van der Waals surface area (Å²) in [6.07, 6.45) is 1.57. The molecule has 0 aliphatic heterocycles. The summed E-state index contributed by atoms with van der Waals surface area (Å²) in [6.45, 7) is 4.07. The van der Waals surface area contributed by atoms with Crippen LogP contribution in [0.5, 0.6) is 0 Å². The van der Waals surface area contributed by atoms with Gasteiger partial charge in [-0.1, -0.05) is 13.8 Å². The lowest BCUT2D eigenvalue weighted by Crippen LogP contribution is -2.16. The molecule has 0 saturated carbocycles. The van der Waals surface area contributed by atoms with Crippen LogP contribution < -0.4 is 0 Å². The number of aromatic nitrogens is 2. The molecule has 0 fully saturated rings. The molecule has 0 bridgehead atoms. The van der Waals surface area contributed by atoms with Crippen molar-refractivity contribution in [1.82, 2.24) is 9.78 Å². The van der Waals surface area contributed by atoms with E-state index >= 15 is 0 Å². The Bertz CT molecular complexity index is 292. The van der Waals surface area contributed by atoms with Crippen molar-refractivity contribution in [3.63, 3.8) is 0 Å². The van der Waals surface area contributed by atoms with Crippen molar-refractivity contribution in [2.75, 3.05) is 6.61 Å². The summed E-state index contributed by atoms with van der Waals surface area (Å²) >= 11 is 0. The van der Waals surface area contributed by atoms with Crippen LogP contribution in [0, 0.1) is 5.92 Å². The number of nitrogens with zero attached hydrogens (tertiary/aromatic N) is 2. The van der Waals surface area contributed by atoms with Crippen molar-refractivity contribution >= 4 is 5.78 Å². The summed E-state index contributed by atoms with van der Waals surface area (Å²) < 4.78 is 1.53. The van der Waals surface area contributed by atoms with E-state index in [1.165, 1.54) is 4.68 Å². The maximum absolute atomic E-state index is 11.6. The van der Waals surface area contributed by atoms with Crippen molar-refractivity contribution in [2.24, 2.45) is 5.92 Å². The molecule has 1 N–H and O–H groups in total. The molecule has 0 aromatic carbocycles. The summed E-state index contributed by atoms with van der Waals surface area (Å²) in [4.78, 5) is 11.6. The molecule has 0 saturated heterocycles. The van der Waals surface area contributed by atoms with Gasteiger partial charge in [0.15, 0.2) is 5.78 Å². The van der Waals surface area contributed by atoms with E-state index in [0.717, 1.165) is 0 Å². The molecule has 0 aliphatic rings. The van der Waals surface area contributed by atoms with Crippen LogP contribution in [0.25, 0.3) is 0 Å². The lowest BCUT2D eigenvalue weighted by atomic mass is 10.1. The molecular formula is C9H14N2O2. The maximum Gasteiger partial charge on any atom is 0.183 e. The van der Waals surface area contributed by atoms with Gasteiger partial charge < -0.3 is 5.11 Å². The molecule has 0 amide bonds. The number of carbonyl (C=O) groups excluding carboxylic acids is 1. The Labute approximate surface area is 77.2 Å². The highest BCUT2D eigenvalue weighted by molar-refractivity contribution is 5.95. The first-order valence-corrected chi connectivity index (χ1v) is 4.33. The van der Waals surface area contributed by atoms with E-state index in [1.54, 1.807) is 12.3 Å². The van der Waals surface area contributed by atoms with Gasteiger partial charge in [0.1, 0.15) is 5.69 Å². The molecule has 4 nitrogen and oxygen atoms in total. The fraction of sp³-hybridized carbons (Fsp3) is 0.556. The molecule has 1 aromatic rings. The third-order valence-electron chi connectivity index (χ3n) is 1.81. The second kappa shape index (κ2) is 4.18. The van der Waals surface area contributed by atoms with Gasteiger partial charge in [-0.15, -0.1) is 0 Å². The van der Waals surface area contributed by atoms with Gasteiger partial charge in [-0.05, 0) is 6.07 Å². The highest BCUT2D eigenvalue weighted by atomic mass is 16.3. The topological polar surface area (TPSA) is 55.1 Å². The number of aliphatic hydroxyl groups is 1. The first-order chi connectivity index (χ1) is 6.16. The number of hydrogen-bond donors (Lipinski definition) is 1. The monoisotopic (exact) mass is 182 g/mol. The average Bonchev–Trinajstić information content (AvgIpc) is 2.52. The molecule has 0 atom stereocenters. The Balaban J connectivity index is 2.87. The lowest BCUT2D eigenvalue weighted by molar-refractivity contribution is 0.0927. The standard InChI is InChI=1S/C9H14N2O2/c1-7(2)9(13)8-3-4-10-11(8)5-6-12/h3-4,7,12H,5-6H2,1-2H3. The van der Waals surface area contributed by atoms with Gasteiger partial charge >= 0.3 is 0 Å². The number of Topliss-reactive ketones (excluding diaryl/α,β-unsaturated/α-hetero) is 1. The van der Waals surface area contributed by atoms with E-state index in [9.17, 15) is 4.79 Å². The SMILES string of the molecule is CC(C)C(=O)c1ccnn1CCO. The highest BCUT2D eigenvalue weighted by Crippen LogP contribution is 2.07. The Morgan fingerprint density at radius 2 is 2.38 bits per heavy atom. The minimum absolute atomic E-state index is 0.0000548. The van der Waals surface area contributed by atoms with E-state index < -0.39 is 0 Å². The van der Waals surface area contributed by atoms with Crippen LogP contribution in [0.3, 0.4) is 0 Å². The van der Waals surface area contributed by atoms with Gasteiger partial charge in [0.05, 0.1) is 13.2 Å². The van der Waals surface area contributed by atoms with Crippen LogP contribution in [0.4, 0.5) is 0 Å². The third-order valence-corrected chi connectivity index (χ3v) is 1.81. The Morgan fingerprint density at radius 3 is 2.92 bits per heavy atom. The summed E-state index contributed by atoms with van der Waals surface area (Å²) in [6, 6.07) is 1.68. The molecule has 1 aromatic heterocycles. The number of hydrogen-bond acceptors (Lipinski definition) is 3. The third kappa shape index (κ3) is 2.15. The van der Waals surface area contributed by atoms with Gasteiger partial charge in [-0.25, -0.2) is 0 Å². The smallest absolute Gasteiger partial charge is 0.183 e. The Morgan fingerprint density at radius 1 is 1.69 bits per heavy atom. The number of aliphatic hydroxyl groups excluding tert-OH is 1. The van der Waals surface area contributed by atoms with Crippen molar-refractivity contribution < 1.29 is 9.90 Å². The average molecular weight is 182 g/mol. The highest BCUT2D eigenvalue weighted by Gasteiger charge is 2.14. The minimum atomic E-state index is -0.0332. The van der Waals surface area contributed by atoms with Crippen LogP contribution >= 0.6 is 0 Å². The van der Waals surface area contributed by atoms with Crippen LogP contribution in [0.2, 0.25) is 0 Å². The first-order valence-electron chi connectivity index (χ1n) is 4.33. The van der Waals surface area contributed by atoms with E-state index in [1.807, 2.05) is 13.8 Å². The van der Waals surface area contributed by atoms with Crippen LogP contribution in [0.1, 0.15) is 24.3 Å². The Hall–Kier alpha value is -1.16. The molecule has 0 spiro atoms. The van der Waals surface area contributed by atoms with Gasteiger partial charge in [-0.2, -0.15) is 5.10 Å². The quantitative estimate of drug-likeness (QED) is 0.698. The molecule has 13 heavy (non-hydrogen) atoms. The van der Waals surface area contributed by atoms with E-state index in [-0.39, 0.29) is 18.3 Å². The van der Waals surface area contributed by atoms with Crippen LogP contribution in [0.15, 0.2) is 12.3 Å². The number of ketones is 1. The summed E-state index contributed by atoms with van der Waals surface area (Å²) in [5.74, 6) is 0.0279. The number of rotatable bonds is 4. The van der Waals surface area contributed by atoms with Crippen LogP contribution in [-0.2, 0) is 6.54 Å². The zero-order chi connectivity index (χ0) is 9.84. The molecule has 72 valence electrons. The second-order valence-electron chi connectivity index (χ2n) is 3.18. The molecule has 1 heterocycles. The van der Waals surface area contributed by atoms with Crippen molar-refractivity contribution in [3.05, 3.63) is 18.0 Å². The van der Waals surface area contributed by atoms with E-state index in [2.05, 4.69) is 5.10 Å². The van der Waals surface area contributed by atoms with Gasteiger partial charge in [0.25, 0.3) is 0 Å². The number of carbonyl (C=O) groups is 1. The van der Waals surface area contributed by atoms with Gasteiger partial charge in [0.2, 0.25) is 0 Å². The minimum Gasteiger partial charge on any atom is -0.394 e. The second-order valence-corrected chi connectivity index (χ2v) is 3.18. The van der Waals surface area contributed by atoms with Gasteiger partial charge in [0, 0.05) is 12.1 Å². The molecule has 0 unspecified atom stereocenters. The normalized spacial score (nSPS) is 10.8. The summed E-state index contributed by atoms with van der Waals surface area (Å²) in [5.41, 5.74) is 0.573. The van der Waals surface area contributed by atoms with E-state index in [0.29, 0.717) is 12.2 Å². The van der Waals surface area contributed by atoms with E-state index in [4.69, 9.17) is 5.11 Å². The largest absolute Gasteiger partial charge is 0.394 e. The molecule has 0 aliphatic carbocycles. The fourth-order valence-corrected chi connectivity index (χ4v) is 1.11. The molecule has 4 heteroatoms. The first kappa shape index (κ1) is 9.92. The van der Waals surface area contributed by atoms with Crippen LogP contribution in [-0.4, -0.2) is 27.3 Å². The predicted octanol–water partition coefficient (Wildman–Crippen LogP) is 0.714. The van der Waals surface area contributed by atoms with Crippen molar-refractivity contribution in [3.8, 4) is 0 Å². The summed E-state index contributed by atoms with van der Waals surface area (Å²) in [5, 5.41) is 12.7. The summed E-state index contributed by atoms with van der Waals surface area (Å²) in [7, 11) is 0. The Kier molecular flexibility index (Phi) is 3.19. The molecule has 1 rings (SSSR count). The van der Waals surface area contributed by atoms with Crippen molar-refractivity contribution in [1.29, 1.82) is 0 Å². The zero-order valence-electron chi connectivity index (χ0n) is 7.90. The lowest BCUT2D eigenvalue weighted by Gasteiger charge is -2.06.